The number of fused-ring (bicyclic) bond motifs is 5. The number of nitrogens with zero attached hydrogens (tertiary/aromatic N) is 2. The van der Waals surface area contributed by atoms with E-state index in [1.165, 1.54) is 42.8 Å². The van der Waals surface area contributed by atoms with Crippen LogP contribution in [0.2, 0.25) is 0 Å². The second-order valence-corrected chi connectivity index (χ2v) is 11.2. The van der Waals surface area contributed by atoms with E-state index in [1.807, 2.05) is 6.92 Å². The monoisotopic (exact) mass is 402 g/mol. The van der Waals surface area contributed by atoms with Crippen LogP contribution in [0.4, 0.5) is 4.39 Å². The van der Waals surface area contributed by atoms with Crippen LogP contribution in [0.5, 0.6) is 0 Å². The molecule has 0 radical (unpaired) electrons. The summed E-state index contributed by atoms with van der Waals surface area (Å²) in [6.07, 6.45) is 12.6. The maximum atomic E-state index is 13.3. The van der Waals surface area contributed by atoms with Crippen molar-refractivity contribution < 1.29 is 14.3 Å². The first kappa shape index (κ1) is 19.7. The molecule has 0 amide bonds. The Balaban J connectivity index is 1.31. The fourth-order valence-electron chi connectivity index (χ4n) is 8.31. The van der Waals surface area contributed by atoms with Gasteiger partial charge in [0.15, 0.2) is 11.6 Å². The molecule has 1 heterocycles. The third-order valence-corrected chi connectivity index (χ3v) is 9.55. The smallest absolute Gasteiger partial charge is 0.161 e. The highest BCUT2D eigenvalue weighted by Crippen LogP contribution is 2.64. The number of carbonyl (C=O) groups is 1. The number of rotatable bonds is 3. The molecule has 0 spiro atoms. The maximum Gasteiger partial charge on any atom is 0.161 e. The van der Waals surface area contributed by atoms with Crippen molar-refractivity contribution >= 4 is 5.78 Å². The first-order valence-corrected chi connectivity index (χ1v) is 11.7. The largest absolute Gasteiger partial charge is 0.390 e. The van der Waals surface area contributed by atoms with E-state index in [2.05, 4.69) is 12.0 Å². The quantitative estimate of drug-likeness (QED) is 0.803. The summed E-state index contributed by atoms with van der Waals surface area (Å²) in [5.41, 5.74) is -0.370. The van der Waals surface area contributed by atoms with Gasteiger partial charge in [-0.3, -0.25) is 9.48 Å². The first-order valence-electron chi connectivity index (χ1n) is 11.7. The lowest BCUT2D eigenvalue weighted by atomic mass is 9.49. The van der Waals surface area contributed by atoms with Gasteiger partial charge in [-0.05, 0) is 99.7 Å². The number of carbonyl (C=O) groups excluding carboxylic acids is 1. The molecule has 4 fully saturated rings. The van der Waals surface area contributed by atoms with Gasteiger partial charge in [-0.2, -0.15) is 5.10 Å². The SMILES string of the molecule is CC1(O)CCC2C(CCC3C2CCC2(C)C(C(=O)Cn4cc(F)cn4)CCC32)C1. The van der Waals surface area contributed by atoms with E-state index in [0.717, 1.165) is 49.9 Å². The lowest BCUT2D eigenvalue weighted by Crippen LogP contribution is -2.51. The Morgan fingerprint density at radius 3 is 2.69 bits per heavy atom. The Kier molecular flexibility index (Phi) is 4.69. The molecular formula is C24H35FN2O2. The van der Waals surface area contributed by atoms with E-state index >= 15 is 0 Å². The molecule has 0 aromatic carbocycles. The molecular weight excluding hydrogens is 367 g/mol. The molecule has 29 heavy (non-hydrogen) atoms. The second kappa shape index (κ2) is 6.90. The van der Waals surface area contributed by atoms with Crippen LogP contribution in [0.15, 0.2) is 12.4 Å². The van der Waals surface area contributed by atoms with E-state index in [1.54, 1.807) is 0 Å². The third kappa shape index (κ3) is 3.28. The summed E-state index contributed by atoms with van der Waals surface area (Å²) in [6, 6.07) is 0. The Hall–Kier alpha value is -1.23. The molecule has 0 saturated heterocycles. The highest BCUT2D eigenvalue weighted by molar-refractivity contribution is 5.82. The van der Waals surface area contributed by atoms with Crippen LogP contribution < -0.4 is 0 Å². The lowest BCUT2D eigenvalue weighted by Gasteiger charge is -2.56. The second-order valence-electron chi connectivity index (χ2n) is 11.2. The summed E-state index contributed by atoms with van der Waals surface area (Å²) in [4.78, 5) is 13.1. The standard InChI is InChI=1S/C24H35FN2O2/c1-23(29)9-7-17-15(11-23)3-4-19-18(17)8-10-24(2)20(19)5-6-21(24)22(28)14-27-13-16(25)12-26-27/h12-13,15,17-21,29H,3-11,14H2,1-2H3. The predicted octanol–water partition coefficient (Wildman–Crippen LogP) is 4.61. The van der Waals surface area contributed by atoms with Crippen LogP contribution in [-0.4, -0.2) is 26.3 Å². The van der Waals surface area contributed by atoms with E-state index in [-0.39, 0.29) is 29.5 Å². The molecule has 5 heteroatoms. The molecule has 4 nitrogen and oxygen atoms in total. The van der Waals surface area contributed by atoms with Gasteiger partial charge < -0.3 is 5.11 Å². The predicted molar refractivity (Wildman–Crippen MR) is 108 cm³/mol. The van der Waals surface area contributed by atoms with Crippen LogP contribution in [-0.2, 0) is 11.3 Å². The lowest BCUT2D eigenvalue weighted by molar-refractivity contribution is -0.133. The van der Waals surface area contributed by atoms with E-state index in [9.17, 15) is 14.3 Å². The molecule has 160 valence electrons. The number of halogens is 1. The molecule has 8 atom stereocenters. The molecule has 0 aliphatic heterocycles. The van der Waals surface area contributed by atoms with Crippen molar-refractivity contribution in [2.75, 3.05) is 0 Å². The topological polar surface area (TPSA) is 55.1 Å². The van der Waals surface area contributed by atoms with Gasteiger partial charge in [0.25, 0.3) is 0 Å². The molecule has 4 saturated carbocycles. The van der Waals surface area contributed by atoms with Crippen molar-refractivity contribution in [1.82, 2.24) is 9.78 Å². The highest BCUT2D eigenvalue weighted by atomic mass is 19.1. The zero-order valence-corrected chi connectivity index (χ0v) is 17.8. The van der Waals surface area contributed by atoms with Crippen LogP contribution >= 0.6 is 0 Å². The molecule has 1 N–H and O–H groups in total. The molecule has 1 aromatic rings. The Labute approximate surface area is 173 Å². The Morgan fingerprint density at radius 1 is 1.14 bits per heavy atom. The third-order valence-electron chi connectivity index (χ3n) is 9.55. The summed E-state index contributed by atoms with van der Waals surface area (Å²) in [7, 11) is 0. The molecule has 4 aliphatic carbocycles. The van der Waals surface area contributed by atoms with Gasteiger partial charge in [-0.15, -0.1) is 0 Å². The van der Waals surface area contributed by atoms with E-state index < -0.39 is 5.60 Å². The van der Waals surface area contributed by atoms with Gasteiger partial charge >= 0.3 is 0 Å². The summed E-state index contributed by atoms with van der Waals surface area (Å²) in [5, 5.41) is 14.5. The Bertz CT molecular complexity index is 790. The van der Waals surface area contributed by atoms with Crippen molar-refractivity contribution in [2.24, 2.45) is 40.9 Å². The highest BCUT2D eigenvalue weighted by Gasteiger charge is 2.58. The van der Waals surface area contributed by atoms with Crippen LogP contribution in [0.25, 0.3) is 0 Å². The van der Waals surface area contributed by atoms with Crippen LogP contribution in [0.1, 0.15) is 71.6 Å². The van der Waals surface area contributed by atoms with Gasteiger partial charge in [0.2, 0.25) is 0 Å². The fourth-order valence-corrected chi connectivity index (χ4v) is 8.31. The summed E-state index contributed by atoms with van der Waals surface area (Å²) >= 11 is 0. The molecule has 5 rings (SSSR count). The summed E-state index contributed by atoms with van der Waals surface area (Å²) < 4.78 is 14.7. The zero-order chi connectivity index (χ0) is 20.4. The minimum Gasteiger partial charge on any atom is -0.390 e. The molecule has 8 unspecified atom stereocenters. The Morgan fingerprint density at radius 2 is 1.93 bits per heavy atom. The van der Waals surface area contributed by atoms with Crippen molar-refractivity contribution in [2.45, 2.75) is 83.8 Å². The maximum absolute atomic E-state index is 13.3. The molecule has 4 aliphatic rings. The fraction of sp³-hybridized carbons (Fsp3) is 0.833. The van der Waals surface area contributed by atoms with Crippen LogP contribution in [0, 0.1) is 46.7 Å². The number of aromatic nitrogens is 2. The van der Waals surface area contributed by atoms with E-state index in [0.29, 0.717) is 11.8 Å². The minimum atomic E-state index is -0.464. The number of Topliss-reactive ketones (excluding diaryl/α,β-unsaturated/α-hetero) is 1. The number of hydrogen-bond acceptors (Lipinski definition) is 3. The number of ketones is 1. The normalized spacial score (nSPS) is 46.6. The summed E-state index contributed by atoms with van der Waals surface area (Å²) in [6.45, 7) is 4.58. The van der Waals surface area contributed by atoms with Gasteiger partial charge in [0.1, 0.15) is 0 Å². The average Bonchev–Trinajstić information content (AvgIpc) is 3.22. The molecule has 1 aromatic heterocycles. The van der Waals surface area contributed by atoms with Gasteiger partial charge in [0, 0.05) is 5.92 Å². The van der Waals surface area contributed by atoms with Gasteiger partial charge in [-0.1, -0.05) is 6.92 Å². The minimum absolute atomic E-state index is 0.0884. The van der Waals surface area contributed by atoms with Crippen molar-refractivity contribution in [3.8, 4) is 0 Å². The number of aliphatic hydroxyl groups is 1. The number of hydrogen-bond donors (Lipinski definition) is 1. The van der Waals surface area contributed by atoms with Gasteiger partial charge in [-0.25, -0.2) is 4.39 Å². The van der Waals surface area contributed by atoms with Crippen molar-refractivity contribution in [3.63, 3.8) is 0 Å². The van der Waals surface area contributed by atoms with Crippen molar-refractivity contribution in [1.29, 1.82) is 0 Å². The van der Waals surface area contributed by atoms with Gasteiger partial charge in [0.05, 0.1) is 24.5 Å². The average molecular weight is 403 g/mol. The summed E-state index contributed by atoms with van der Waals surface area (Å²) in [5.74, 6) is 3.60. The van der Waals surface area contributed by atoms with Crippen molar-refractivity contribution in [3.05, 3.63) is 18.2 Å². The molecule has 0 bridgehead atoms. The zero-order valence-electron chi connectivity index (χ0n) is 17.8. The van der Waals surface area contributed by atoms with E-state index in [4.69, 9.17) is 0 Å². The first-order chi connectivity index (χ1) is 13.8. The van der Waals surface area contributed by atoms with Crippen LogP contribution in [0.3, 0.4) is 0 Å².